The Bertz CT molecular complexity index is 2900. The highest BCUT2D eigenvalue weighted by Gasteiger charge is 2.54. The van der Waals surface area contributed by atoms with Gasteiger partial charge in [-0.05, 0) is 59.1 Å². The van der Waals surface area contributed by atoms with Crippen molar-refractivity contribution in [3.05, 3.63) is 215 Å². The molecule has 1 saturated carbocycles. The van der Waals surface area contributed by atoms with Gasteiger partial charge in [0.25, 0.3) is 0 Å². The summed E-state index contributed by atoms with van der Waals surface area (Å²) in [6, 6.07) is 50.7. The van der Waals surface area contributed by atoms with Crippen molar-refractivity contribution in [3.8, 4) is 0 Å². The molecular weight excluding hydrogens is 1070 g/mol. The van der Waals surface area contributed by atoms with Crippen LogP contribution in [0.1, 0.15) is 59.1 Å². The fourth-order valence-corrected chi connectivity index (χ4v) is 9.48. The van der Waals surface area contributed by atoms with Gasteiger partial charge < -0.3 is 74.7 Å². The van der Waals surface area contributed by atoms with Gasteiger partial charge in [0.15, 0.2) is 6.29 Å². The second-order valence-corrected chi connectivity index (χ2v) is 20.0. The van der Waals surface area contributed by atoms with Gasteiger partial charge in [0, 0.05) is 13.1 Å². The molecule has 2 fully saturated rings. The van der Waals surface area contributed by atoms with Gasteiger partial charge in [0.05, 0.1) is 37.4 Å². The van der Waals surface area contributed by atoms with Crippen molar-refractivity contribution in [1.29, 1.82) is 0 Å². The molecule has 5 amide bonds. The summed E-state index contributed by atoms with van der Waals surface area (Å²) in [7, 11) is 0. The third-order valence-electron chi connectivity index (χ3n) is 13.9. The summed E-state index contributed by atoms with van der Waals surface area (Å²) in [5.74, 6) is -0.701. The third-order valence-corrected chi connectivity index (χ3v) is 13.9. The van der Waals surface area contributed by atoms with Gasteiger partial charge >= 0.3 is 24.4 Å². The minimum Gasteiger partial charge on any atom is -0.445 e. The summed E-state index contributed by atoms with van der Waals surface area (Å²) >= 11 is 0. The molecule has 1 heterocycles. The van der Waals surface area contributed by atoms with Crippen molar-refractivity contribution in [1.82, 2.24) is 26.6 Å². The Kier molecular flexibility index (Phi) is 23.6. The lowest BCUT2D eigenvalue weighted by Crippen LogP contribution is -2.74. The molecule has 1 saturated heterocycles. The number of nitrogens with one attached hydrogen (secondary N) is 5. The number of carbonyl (C=O) groups is 5. The highest BCUT2D eigenvalue weighted by atomic mass is 16.7. The van der Waals surface area contributed by atoms with Crippen LogP contribution < -0.4 is 26.6 Å². The van der Waals surface area contributed by atoms with Crippen LogP contribution in [0.4, 0.5) is 19.2 Å². The van der Waals surface area contributed by atoms with E-state index in [4.69, 9.17) is 37.9 Å². The summed E-state index contributed by atoms with van der Waals surface area (Å²) in [4.78, 5) is 68.1. The number of ether oxygens (including phenoxy) is 8. The quantitative estimate of drug-likeness (QED) is 0.0205. The molecule has 1 aliphatic carbocycles. The first-order valence-electron chi connectivity index (χ1n) is 27.7. The van der Waals surface area contributed by atoms with Crippen molar-refractivity contribution in [2.45, 2.75) is 126 Å². The number of alkyl carbamates (subject to hydrolysis) is 4. The summed E-state index contributed by atoms with van der Waals surface area (Å²) in [5, 5.41) is 38.9. The van der Waals surface area contributed by atoms with E-state index in [-0.39, 0.29) is 72.0 Å². The lowest BCUT2D eigenvalue weighted by Gasteiger charge is -2.49. The average molecular weight is 1140 g/mol. The van der Waals surface area contributed by atoms with Crippen LogP contribution in [-0.4, -0.2) is 115 Å². The monoisotopic (exact) mass is 1140 g/mol. The Morgan fingerprint density at radius 3 is 1.40 bits per heavy atom. The standard InChI is InChI=1S/C63H71N5O15/c69-54-52(67-58(71)51(76-37-43-20-7-1-8-21-43)32-19-35-64-60(72)78-39-45-24-11-3-12-25-45)56(77-38-44-22-9-2-10-23-44)53(68-63(75)81-42-48-30-17-6-18-31-48)57(55(54)70)83-59-50(66-62(74)80-41-47-28-15-5-16-29-47)34-33-49(82-59)36-65-61(73)79-40-46-26-13-4-14-27-46/h1-18,20-31,49-57,59,69-70H,19,32-42H2,(H,64,72)(H,65,73)(H,66,74)(H,67,71)(H,68,75)/t49?,50?,51-,52-,53-,54-,55?,56?,57?,59+/m0/s1. The Morgan fingerprint density at radius 2 is 0.904 bits per heavy atom. The van der Waals surface area contributed by atoms with E-state index in [1.54, 1.807) is 60.7 Å². The molecule has 6 aromatic carbocycles. The second kappa shape index (κ2) is 32.3. The predicted molar refractivity (Wildman–Crippen MR) is 302 cm³/mol. The number of carbonyl (C=O) groups excluding carboxylic acids is 5. The molecule has 20 nitrogen and oxygen atoms in total. The SMILES string of the molecule is O=C(NCCC[C@H](OCc1ccccc1)C(=O)N[C@@H]1C(OCc2ccccc2)[C@H](NC(=O)OCc2ccccc2)C(O[C@H]2OC(CNC(=O)OCc3ccccc3)CCC2NC(=O)OCc2ccccc2)C(O)[C@H]1O)OCc1ccccc1. The maximum Gasteiger partial charge on any atom is 0.407 e. The zero-order valence-corrected chi connectivity index (χ0v) is 45.8. The van der Waals surface area contributed by atoms with Crippen LogP contribution >= 0.6 is 0 Å². The van der Waals surface area contributed by atoms with Crippen LogP contribution in [0.15, 0.2) is 182 Å². The van der Waals surface area contributed by atoms with Gasteiger partial charge in [-0.1, -0.05) is 182 Å². The van der Waals surface area contributed by atoms with Crippen LogP contribution in [0.25, 0.3) is 0 Å². The molecule has 20 heteroatoms. The minimum atomic E-state index is -1.91. The van der Waals surface area contributed by atoms with Crippen molar-refractivity contribution in [2.75, 3.05) is 13.1 Å². The lowest BCUT2D eigenvalue weighted by atomic mass is 9.80. The van der Waals surface area contributed by atoms with E-state index >= 15 is 0 Å². The fourth-order valence-electron chi connectivity index (χ4n) is 9.48. The topological polar surface area (TPSA) is 260 Å². The number of rotatable bonds is 26. The Hall–Kier alpha value is -8.37. The van der Waals surface area contributed by atoms with Gasteiger partial charge in [0.1, 0.15) is 56.9 Å². The van der Waals surface area contributed by atoms with Crippen LogP contribution in [-0.2, 0) is 82.3 Å². The number of benzene rings is 6. The summed E-state index contributed by atoms with van der Waals surface area (Å²) in [6.07, 6.45) is -12.4. The zero-order chi connectivity index (χ0) is 58.0. The third kappa shape index (κ3) is 19.7. The van der Waals surface area contributed by atoms with E-state index in [0.717, 1.165) is 22.3 Å². The Balaban J connectivity index is 1.05. The van der Waals surface area contributed by atoms with Crippen LogP contribution in [0.2, 0.25) is 0 Å². The first-order chi connectivity index (χ1) is 40.5. The second-order valence-electron chi connectivity index (χ2n) is 20.0. The number of aliphatic hydroxyl groups excluding tert-OH is 2. The first kappa shape index (κ1) is 60.7. The number of aliphatic hydroxyl groups is 2. The molecule has 0 aromatic heterocycles. The van der Waals surface area contributed by atoms with Gasteiger partial charge in [0.2, 0.25) is 5.91 Å². The van der Waals surface area contributed by atoms with Gasteiger partial charge in [-0.15, -0.1) is 0 Å². The van der Waals surface area contributed by atoms with Crippen molar-refractivity contribution < 1.29 is 72.1 Å². The van der Waals surface area contributed by atoms with Gasteiger partial charge in [-0.3, -0.25) is 4.79 Å². The number of amides is 5. The smallest absolute Gasteiger partial charge is 0.407 e. The van der Waals surface area contributed by atoms with Crippen molar-refractivity contribution in [2.24, 2.45) is 0 Å². The van der Waals surface area contributed by atoms with Gasteiger partial charge in [-0.25, -0.2) is 19.2 Å². The lowest BCUT2D eigenvalue weighted by molar-refractivity contribution is -0.269. The van der Waals surface area contributed by atoms with E-state index in [0.29, 0.717) is 17.5 Å². The average Bonchev–Trinajstić information content (AvgIpc) is 2.86. The normalized spacial score (nSPS) is 21.4. The molecule has 83 heavy (non-hydrogen) atoms. The largest absolute Gasteiger partial charge is 0.445 e. The molecular formula is C63H71N5O15. The zero-order valence-electron chi connectivity index (χ0n) is 45.8. The molecule has 10 atom stereocenters. The maximum absolute atomic E-state index is 14.8. The fraction of sp³-hybridized carbons (Fsp3) is 0.349. The molecule has 0 bridgehead atoms. The summed E-state index contributed by atoms with van der Waals surface area (Å²) in [5.41, 5.74) is 4.46. The Morgan fingerprint density at radius 1 is 0.470 bits per heavy atom. The van der Waals surface area contributed by atoms with E-state index in [1.807, 2.05) is 121 Å². The number of hydrogen-bond acceptors (Lipinski definition) is 15. The molecule has 8 rings (SSSR count). The Labute approximate surface area is 482 Å². The highest BCUT2D eigenvalue weighted by Crippen LogP contribution is 2.32. The van der Waals surface area contributed by atoms with E-state index in [1.165, 1.54) is 0 Å². The van der Waals surface area contributed by atoms with Crippen LogP contribution in [0.3, 0.4) is 0 Å². The first-order valence-corrected chi connectivity index (χ1v) is 27.7. The predicted octanol–water partition coefficient (Wildman–Crippen LogP) is 7.49. The number of hydrogen-bond donors (Lipinski definition) is 7. The molecule has 0 radical (unpaired) electrons. The molecule has 0 spiro atoms. The van der Waals surface area contributed by atoms with Crippen molar-refractivity contribution >= 4 is 30.3 Å². The summed E-state index contributed by atoms with van der Waals surface area (Å²) < 4.78 is 48.3. The molecule has 6 aromatic rings. The van der Waals surface area contributed by atoms with E-state index < -0.39 is 91.3 Å². The van der Waals surface area contributed by atoms with E-state index in [9.17, 15) is 34.2 Å². The van der Waals surface area contributed by atoms with Gasteiger partial charge in [-0.2, -0.15) is 0 Å². The van der Waals surface area contributed by atoms with E-state index in [2.05, 4.69) is 26.6 Å². The highest BCUT2D eigenvalue weighted by molar-refractivity contribution is 5.81. The molecule has 1 aliphatic heterocycles. The summed E-state index contributed by atoms with van der Waals surface area (Å²) in [6.45, 7) is -0.158. The molecule has 5 unspecified atom stereocenters. The van der Waals surface area contributed by atoms with Crippen LogP contribution in [0, 0.1) is 0 Å². The minimum absolute atomic E-state index is 0.0182. The molecule has 2 aliphatic rings. The molecule has 438 valence electrons. The maximum atomic E-state index is 14.8. The van der Waals surface area contributed by atoms with Crippen LogP contribution in [0.5, 0.6) is 0 Å². The van der Waals surface area contributed by atoms with Crippen molar-refractivity contribution in [3.63, 3.8) is 0 Å². The molecule has 7 N–H and O–H groups in total.